The number of hydrogen-bond donors (Lipinski definition) is 0. The summed E-state index contributed by atoms with van der Waals surface area (Å²) in [6.45, 7) is 0.586. The molecule has 3 fully saturated rings. The van der Waals surface area contributed by atoms with Gasteiger partial charge in [-0.15, -0.1) is 0 Å². The molecule has 130 valence electrons. The van der Waals surface area contributed by atoms with Gasteiger partial charge in [0.05, 0.1) is 12.3 Å². The van der Waals surface area contributed by atoms with Crippen LogP contribution in [0.15, 0.2) is 30.5 Å². The summed E-state index contributed by atoms with van der Waals surface area (Å²) in [4.78, 5) is 14.0. The molecule has 1 atom stereocenters. The highest BCUT2D eigenvalue weighted by atomic mass is 16.7. The van der Waals surface area contributed by atoms with Crippen molar-refractivity contribution >= 4 is 0 Å². The first-order valence-corrected chi connectivity index (χ1v) is 9.43. The first-order chi connectivity index (χ1) is 12.3. The Bertz CT molecular complexity index is 755. The molecule has 5 rings (SSSR count). The van der Waals surface area contributed by atoms with Gasteiger partial charge in [-0.25, -0.2) is 9.97 Å². The van der Waals surface area contributed by atoms with Crippen LogP contribution in [0.5, 0.6) is 0 Å². The first kappa shape index (κ1) is 15.4. The van der Waals surface area contributed by atoms with Crippen molar-refractivity contribution in [3.63, 3.8) is 0 Å². The Morgan fingerprint density at radius 3 is 2.60 bits per heavy atom. The Morgan fingerprint density at radius 1 is 1.00 bits per heavy atom. The average molecular weight is 337 g/mol. The van der Waals surface area contributed by atoms with Gasteiger partial charge in [0.15, 0.2) is 11.6 Å². The van der Waals surface area contributed by atoms with Crippen LogP contribution in [0.2, 0.25) is 0 Å². The third kappa shape index (κ3) is 3.07. The minimum atomic E-state index is -0.376. The van der Waals surface area contributed by atoms with E-state index in [9.17, 15) is 0 Å². The molecular formula is C20H23N3O2. The highest BCUT2D eigenvalue weighted by Crippen LogP contribution is 2.44. The summed E-state index contributed by atoms with van der Waals surface area (Å²) < 4.78 is 12.5. The van der Waals surface area contributed by atoms with Crippen molar-refractivity contribution in [1.82, 2.24) is 15.0 Å². The van der Waals surface area contributed by atoms with Crippen LogP contribution in [0.25, 0.3) is 11.5 Å². The second kappa shape index (κ2) is 6.15. The highest BCUT2D eigenvalue weighted by molar-refractivity contribution is 5.49. The summed E-state index contributed by atoms with van der Waals surface area (Å²) in [6, 6.07) is 7.97. The molecule has 0 radical (unpaired) electrons. The van der Waals surface area contributed by atoms with Gasteiger partial charge in [0.2, 0.25) is 0 Å². The van der Waals surface area contributed by atoms with E-state index in [1.807, 2.05) is 18.2 Å². The standard InChI is InChI=1S/C20H23N3O2/c1-3-9-20(10-4-1)24-13-18(25-20)17-12-16(14-7-8-14)22-19(23-17)15-6-2-5-11-21-15/h2,5-6,11-12,14,18H,1,3-4,7-10,13H2. The van der Waals surface area contributed by atoms with Crippen LogP contribution in [0, 0.1) is 0 Å². The van der Waals surface area contributed by atoms with Crippen LogP contribution in [0.4, 0.5) is 0 Å². The zero-order valence-corrected chi connectivity index (χ0v) is 14.4. The smallest absolute Gasteiger partial charge is 0.178 e. The molecule has 1 aliphatic heterocycles. The number of pyridine rings is 1. The van der Waals surface area contributed by atoms with Crippen LogP contribution in [0.1, 0.15) is 68.4 Å². The predicted molar refractivity (Wildman–Crippen MR) is 92.8 cm³/mol. The minimum Gasteiger partial charge on any atom is -0.347 e. The minimum absolute atomic E-state index is 0.0962. The molecule has 5 nitrogen and oxygen atoms in total. The highest BCUT2D eigenvalue weighted by Gasteiger charge is 2.43. The summed E-state index contributed by atoms with van der Waals surface area (Å²) in [7, 11) is 0. The van der Waals surface area contributed by atoms with Crippen molar-refractivity contribution in [2.24, 2.45) is 0 Å². The molecule has 2 aromatic rings. The number of nitrogens with zero attached hydrogens (tertiary/aromatic N) is 3. The Balaban J connectivity index is 1.47. The third-order valence-corrected chi connectivity index (χ3v) is 5.46. The van der Waals surface area contributed by atoms with Crippen molar-refractivity contribution in [1.29, 1.82) is 0 Å². The zero-order chi connectivity index (χ0) is 16.7. The summed E-state index contributed by atoms with van der Waals surface area (Å²) in [6.07, 6.45) is 9.76. The molecule has 2 saturated carbocycles. The van der Waals surface area contributed by atoms with E-state index < -0.39 is 0 Å². The summed E-state index contributed by atoms with van der Waals surface area (Å²) in [5.74, 6) is 0.891. The number of ether oxygens (including phenoxy) is 2. The van der Waals surface area contributed by atoms with Crippen LogP contribution in [-0.4, -0.2) is 27.3 Å². The maximum Gasteiger partial charge on any atom is 0.178 e. The summed E-state index contributed by atoms with van der Waals surface area (Å²) >= 11 is 0. The maximum atomic E-state index is 6.39. The van der Waals surface area contributed by atoms with E-state index in [-0.39, 0.29) is 11.9 Å². The van der Waals surface area contributed by atoms with Crippen molar-refractivity contribution in [3.05, 3.63) is 41.9 Å². The lowest BCUT2D eigenvalue weighted by Crippen LogP contribution is -2.32. The lowest BCUT2D eigenvalue weighted by molar-refractivity contribution is -0.188. The van der Waals surface area contributed by atoms with Gasteiger partial charge in [0, 0.05) is 30.7 Å². The van der Waals surface area contributed by atoms with Gasteiger partial charge < -0.3 is 9.47 Å². The molecule has 0 N–H and O–H groups in total. The van der Waals surface area contributed by atoms with Crippen molar-refractivity contribution in [2.75, 3.05) is 6.61 Å². The van der Waals surface area contributed by atoms with E-state index in [1.165, 1.54) is 32.1 Å². The van der Waals surface area contributed by atoms with E-state index in [0.29, 0.717) is 18.3 Å². The topological polar surface area (TPSA) is 57.1 Å². The van der Waals surface area contributed by atoms with Crippen molar-refractivity contribution in [3.8, 4) is 11.5 Å². The van der Waals surface area contributed by atoms with E-state index in [2.05, 4.69) is 11.1 Å². The van der Waals surface area contributed by atoms with E-state index in [1.54, 1.807) is 6.20 Å². The lowest BCUT2D eigenvalue weighted by Gasteiger charge is -2.31. The molecule has 1 saturated heterocycles. The quantitative estimate of drug-likeness (QED) is 0.841. The summed E-state index contributed by atoms with van der Waals surface area (Å²) in [5.41, 5.74) is 2.89. The Kier molecular flexibility index (Phi) is 3.79. The monoisotopic (exact) mass is 337 g/mol. The Morgan fingerprint density at radius 2 is 1.84 bits per heavy atom. The number of aromatic nitrogens is 3. The molecule has 2 aliphatic carbocycles. The normalized spacial score (nSPS) is 25.4. The molecule has 0 aromatic carbocycles. The second-order valence-electron chi connectivity index (χ2n) is 7.42. The zero-order valence-electron chi connectivity index (χ0n) is 14.4. The molecular weight excluding hydrogens is 314 g/mol. The number of rotatable bonds is 3. The summed E-state index contributed by atoms with van der Waals surface area (Å²) in [5, 5.41) is 0. The van der Waals surface area contributed by atoms with E-state index >= 15 is 0 Å². The van der Waals surface area contributed by atoms with Gasteiger partial charge in [-0.3, -0.25) is 4.98 Å². The largest absolute Gasteiger partial charge is 0.347 e. The average Bonchev–Trinajstić information content (AvgIpc) is 3.45. The Hall–Kier alpha value is -1.85. The van der Waals surface area contributed by atoms with Gasteiger partial charge in [0.25, 0.3) is 0 Å². The van der Waals surface area contributed by atoms with Gasteiger partial charge in [-0.2, -0.15) is 0 Å². The predicted octanol–water partition coefficient (Wildman–Crippen LogP) is 4.16. The van der Waals surface area contributed by atoms with E-state index in [4.69, 9.17) is 19.4 Å². The maximum absolute atomic E-state index is 6.39. The van der Waals surface area contributed by atoms with Gasteiger partial charge in [-0.05, 0) is 43.9 Å². The van der Waals surface area contributed by atoms with Crippen LogP contribution < -0.4 is 0 Å². The van der Waals surface area contributed by atoms with E-state index in [0.717, 1.165) is 29.9 Å². The van der Waals surface area contributed by atoms with Gasteiger partial charge >= 0.3 is 0 Å². The second-order valence-corrected chi connectivity index (χ2v) is 7.42. The fourth-order valence-electron chi connectivity index (χ4n) is 3.90. The molecule has 0 amide bonds. The van der Waals surface area contributed by atoms with Gasteiger partial charge in [0.1, 0.15) is 11.8 Å². The van der Waals surface area contributed by atoms with Crippen LogP contribution in [-0.2, 0) is 9.47 Å². The van der Waals surface area contributed by atoms with Crippen molar-refractivity contribution in [2.45, 2.75) is 62.8 Å². The SMILES string of the molecule is c1ccc(-c2nc(C3CC3)cc(C3COC4(CCCCC4)O3)n2)nc1. The molecule has 3 aliphatic rings. The van der Waals surface area contributed by atoms with Gasteiger partial charge in [-0.1, -0.05) is 12.5 Å². The Labute approximate surface area is 147 Å². The first-order valence-electron chi connectivity index (χ1n) is 9.43. The molecule has 3 heterocycles. The molecule has 2 aromatic heterocycles. The fourth-order valence-corrected chi connectivity index (χ4v) is 3.90. The van der Waals surface area contributed by atoms with Crippen LogP contribution in [0.3, 0.4) is 0 Å². The molecule has 1 spiro atoms. The molecule has 25 heavy (non-hydrogen) atoms. The molecule has 5 heteroatoms. The lowest BCUT2D eigenvalue weighted by atomic mass is 9.94. The van der Waals surface area contributed by atoms with Crippen LogP contribution >= 0.6 is 0 Å². The molecule has 0 bridgehead atoms. The third-order valence-electron chi connectivity index (χ3n) is 5.46. The van der Waals surface area contributed by atoms with Crippen molar-refractivity contribution < 1.29 is 9.47 Å². The number of hydrogen-bond acceptors (Lipinski definition) is 5. The molecule has 1 unspecified atom stereocenters. The fraction of sp³-hybridized carbons (Fsp3) is 0.550.